The van der Waals surface area contributed by atoms with Crippen molar-refractivity contribution >= 4 is 11.7 Å². The Bertz CT molecular complexity index is 1240. The number of carbonyl (C=O) groups is 2. The summed E-state index contributed by atoms with van der Waals surface area (Å²) in [4.78, 5) is 24.7. The number of nitrogens with zero attached hydrogens (tertiary/aromatic N) is 1. The summed E-state index contributed by atoms with van der Waals surface area (Å²) < 4.78 is 37.4. The molecule has 3 aromatic carbocycles. The Kier molecular flexibility index (Phi) is 8.85. The van der Waals surface area contributed by atoms with Crippen LogP contribution in [0.15, 0.2) is 60.7 Å². The van der Waals surface area contributed by atoms with Crippen molar-refractivity contribution in [2.45, 2.75) is 25.7 Å². The summed E-state index contributed by atoms with van der Waals surface area (Å²) in [7, 11) is 0. The van der Waals surface area contributed by atoms with Crippen LogP contribution in [0.25, 0.3) is 11.1 Å². The number of ketones is 1. The average molecular weight is 509 g/mol. The largest absolute Gasteiger partial charge is 0.486 e. The van der Waals surface area contributed by atoms with Crippen LogP contribution in [-0.2, 0) is 11.2 Å². The van der Waals surface area contributed by atoms with Crippen LogP contribution in [0.2, 0.25) is 0 Å². The summed E-state index contributed by atoms with van der Waals surface area (Å²) in [5, 5.41) is 0. The molecule has 37 heavy (non-hydrogen) atoms. The highest BCUT2D eigenvalue weighted by Gasteiger charge is 2.18. The Hall–Kier alpha value is -3.78. The lowest BCUT2D eigenvalue weighted by Gasteiger charge is -2.20. The molecule has 0 unspecified atom stereocenters. The minimum absolute atomic E-state index is 0.226. The van der Waals surface area contributed by atoms with E-state index in [0.29, 0.717) is 19.0 Å². The zero-order valence-corrected chi connectivity index (χ0v) is 20.6. The quantitative estimate of drug-likeness (QED) is 0.367. The van der Waals surface area contributed by atoms with Crippen molar-refractivity contribution in [3.63, 3.8) is 0 Å². The predicted octanol–water partition coefficient (Wildman–Crippen LogP) is 4.79. The number of aryl methyl sites for hydroxylation is 1. The van der Waals surface area contributed by atoms with Gasteiger partial charge in [0.15, 0.2) is 17.3 Å². The Morgan fingerprint density at radius 2 is 1.62 bits per heavy atom. The van der Waals surface area contributed by atoms with E-state index in [1.54, 1.807) is 36.4 Å². The summed E-state index contributed by atoms with van der Waals surface area (Å²) in [5.74, 6) is -1.53. The van der Waals surface area contributed by atoms with Gasteiger partial charge in [-0.25, -0.2) is 8.78 Å². The lowest BCUT2D eigenvalue weighted by Crippen LogP contribution is -2.22. The number of hydrogen-bond donors (Lipinski definition) is 1. The Balaban J connectivity index is 0.000000173. The van der Waals surface area contributed by atoms with Gasteiger partial charge in [-0.15, -0.1) is 0 Å². The standard InChI is InChI=1S/C15H20FNO2.C14H10FNO2/c16-13-10-12(4-3-7-17-5-1-2-6-17)11-14-15(13)19-9-8-18-14;15-12-6-4-9(5-7-12)10-2-1-3-11(8-10)13(17)14(16)18/h10-11H,1-9H2;1-8H,(H2,16,18). The summed E-state index contributed by atoms with van der Waals surface area (Å²) >= 11 is 0. The van der Waals surface area contributed by atoms with Gasteiger partial charge < -0.3 is 20.1 Å². The second-order valence-electron chi connectivity index (χ2n) is 9.04. The van der Waals surface area contributed by atoms with Gasteiger partial charge in [0.25, 0.3) is 5.91 Å². The van der Waals surface area contributed by atoms with Crippen molar-refractivity contribution in [2.75, 3.05) is 32.8 Å². The van der Waals surface area contributed by atoms with E-state index in [0.717, 1.165) is 36.1 Å². The molecular weight excluding hydrogens is 478 g/mol. The molecule has 0 radical (unpaired) electrons. The molecule has 1 saturated heterocycles. The maximum absolute atomic E-state index is 13.8. The highest BCUT2D eigenvalue weighted by molar-refractivity contribution is 6.42. The lowest BCUT2D eigenvalue weighted by molar-refractivity contribution is -0.114. The van der Waals surface area contributed by atoms with E-state index in [-0.39, 0.29) is 22.9 Å². The van der Waals surface area contributed by atoms with E-state index in [1.165, 1.54) is 44.1 Å². The number of halogens is 2. The molecule has 2 heterocycles. The fourth-order valence-corrected chi connectivity index (χ4v) is 4.45. The molecule has 0 saturated carbocycles. The minimum atomic E-state index is -0.994. The molecule has 194 valence electrons. The molecule has 0 bridgehead atoms. The number of likely N-dealkylation sites (tertiary alicyclic amines) is 1. The maximum atomic E-state index is 13.8. The van der Waals surface area contributed by atoms with E-state index in [1.807, 2.05) is 6.07 Å². The SMILES string of the molecule is Fc1cc(CCCN2CCCC2)cc2c1OCCO2.NC(=O)C(=O)c1cccc(-c2ccc(F)cc2)c1. The summed E-state index contributed by atoms with van der Waals surface area (Å²) in [6.45, 7) is 4.48. The number of ether oxygens (including phenoxy) is 2. The predicted molar refractivity (Wildman–Crippen MR) is 137 cm³/mol. The molecule has 5 rings (SSSR count). The summed E-state index contributed by atoms with van der Waals surface area (Å²) in [6.07, 6.45) is 4.60. The van der Waals surface area contributed by atoms with Gasteiger partial charge >= 0.3 is 0 Å². The highest BCUT2D eigenvalue weighted by Crippen LogP contribution is 2.34. The molecule has 2 aliphatic rings. The third kappa shape index (κ3) is 7.13. The Labute approximate surface area is 215 Å². The number of primary amides is 1. The molecule has 0 aromatic heterocycles. The van der Waals surface area contributed by atoms with Crippen molar-refractivity contribution in [3.8, 4) is 22.6 Å². The number of rotatable bonds is 7. The van der Waals surface area contributed by atoms with Gasteiger partial charge in [-0.3, -0.25) is 9.59 Å². The van der Waals surface area contributed by atoms with Crippen molar-refractivity contribution in [1.29, 1.82) is 0 Å². The highest BCUT2D eigenvalue weighted by atomic mass is 19.1. The molecule has 6 nitrogen and oxygen atoms in total. The first-order chi connectivity index (χ1) is 17.9. The van der Waals surface area contributed by atoms with E-state index in [2.05, 4.69) is 4.90 Å². The number of hydrogen-bond acceptors (Lipinski definition) is 5. The molecular formula is C29H30F2N2O4. The van der Waals surface area contributed by atoms with Crippen molar-refractivity contribution < 1.29 is 27.8 Å². The van der Waals surface area contributed by atoms with Gasteiger partial charge in [0.2, 0.25) is 5.78 Å². The first-order valence-corrected chi connectivity index (χ1v) is 12.4. The van der Waals surface area contributed by atoms with Crippen molar-refractivity contribution in [2.24, 2.45) is 5.73 Å². The second kappa shape index (κ2) is 12.5. The minimum Gasteiger partial charge on any atom is -0.486 e. The van der Waals surface area contributed by atoms with Gasteiger partial charge in [-0.05, 0) is 92.3 Å². The van der Waals surface area contributed by atoms with Gasteiger partial charge in [-0.1, -0.05) is 30.3 Å². The number of fused-ring (bicyclic) bond motifs is 1. The number of nitrogens with two attached hydrogens (primary N) is 1. The molecule has 1 amide bonds. The van der Waals surface area contributed by atoms with Crippen molar-refractivity contribution in [3.05, 3.63) is 83.4 Å². The Morgan fingerprint density at radius 1 is 0.892 bits per heavy atom. The van der Waals surface area contributed by atoms with Gasteiger partial charge in [0, 0.05) is 5.56 Å². The van der Waals surface area contributed by atoms with Crippen LogP contribution in [0.5, 0.6) is 11.5 Å². The smallest absolute Gasteiger partial charge is 0.289 e. The number of Topliss-reactive ketones (excluding diaryl/α,β-unsaturated/α-hetero) is 1. The van der Waals surface area contributed by atoms with E-state index >= 15 is 0 Å². The van der Waals surface area contributed by atoms with Crippen LogP contribution in [0.1, 0.15) is 35.2 Å². The average Bonchev–Trinajstić information content (AvgIpc) is 3.43. The first-order valence-electron chi connectivity index (χ1n) is 12.4. The van der Waals surface area contributed by atoms with Crippen LogP contribution in [0, 0.1) is 11.6 Å². The van der Waals surface area contributed by atoms with Crippen LogP contribution in [0.4, 0.5) is 8.78 Å². The molecule has 2 aliphatic heterocycles. The third-order valence-corrected chi connectivity index (χ3v) is 6.32. The third-order valence-electron chi connectivity index (χ3n) is 6.32. The fraction of sp³-hybridized carbons (Fsp3) is 0.310. The van der Waals surface area contributed by atoms with Gasteiger partial charge in [0.1, 0.15) is 19.0 Å². The monoisotopic (exact) mass is 508 g/mol. The molecule has 2 N–H and O–H groups in total. The fourth-order valence-electron chi connectivity index (χ4n) is 4.45. The number of carbonyl (C=O) groups excluding carboxylic acids is 2. The second-order valence-corrected chi connectivity index (χ2v) is 9.04. The van der Waals surface area contributed by atoms with E-state index in [9.17, 15) is 18.4 Å². The molecule has 0 spiro atoms. The topological polar surface area (TPSA) is 81.9 Å². The van der Waals surface area contributed by atoms with Crippen LogP contribution in [0.3, 0.4) is 0 Å². The maximum Gasteiger partial charge on any atom is 0.289 e. The molecule has 3 aromatic rings. The lowest BCUT2D eigenvalue weighted by atomic mass is 10.0. The summed E-state index contributed by atoms with van der Waals surface area (Å²) in [6, 6.07) is 15.8. The zero-order chi connectivity index (χ0) is 26.2. The molecule has 8 heteroatoms. The van der Waals surface area contributed by atoms with E-state index in [4.69, 9.17) is 15.2 Å². The number of amides is 1. The summed E-state index contributed by atoms with van der Waals surface area (Å²) in [5.41, 5.74) is 7.65. The van der Waals surface area contributed by atoms with Gasteiger partial charge in [0.05, 0.1) is 0 Å². The van der Waals surface area contributed by atoms with E-state index < -0.39 is 11.7 Å². The van der Waals surface area contributed by atoms with Gasteiger partial charge in [-0.2, -0.15) is 0 Å². The van der Waals surface area contributed by atoms with Crippen molar-refractivity contribution in [1.82, 2.24) is 4.90 Å². The molecule has 0 atom stereocenters. The zero-order valence-electron chi connectivity index (χ0n) is 20.6. The Morgan fingerprint density at radius 3 is 2.35 bits per heavy atom. The normalized spacial score (nSPS) is 14.5. The van der Waals surface area contributed by atoms with Crippen LogP contribution < -0.4 is 15.2 Å². The number of benzene rings is 3. The first kappa shape index (κ1) is 26.3. The van der Waals surface area contributed by atoms with Crippen LogP contribution in [-0.4, -0.2) is 49.4 Å². The molecule has 0 aliphatic carbocycles. The molecule has 1 fully saturated rings. The van der Waals surface area contributed by atoms with Crippen LogP contribution >= 0.6 is 0 Å².